The van der Waals surface area contributed by atoms with Crippen LogP contribution < -0.4 is 5.32 Å². The Kier molecular flexibility index (Phi) is 3.30. The molecule has 0 radical (unpaired) electrons. The number of sulfone groups is 1. The van der Waals surface area contributed by atoms with Gasteiger partial charge in [0.1, 0.15) is 6.26 Å². The summed E-state index contributed by atoms with van der Waals surface area (Å²) in [7, 11) is -1.07. The Hall–Kier alpha value is -0.880. The van der Waals surface area contributed by atoms with E-state index in [9.17, 15) is 8.42 Å². The van der Waals surface area contributed by atoms with E-state index in [1.165, 1.54) is 0 Å². The van der Waals surface area contributed by atoms with Gasteiger partial charge in [0.25, 0.3) is 0 Å². The standard InChI is InChI=1S/C10H16N2O3S/c1-11-5-9-6-15-10(12-9)8-3-2-4-16(13,14)7-8/h6,8,11H,2-5,7H2,1H3. The summed E-state index contributed by atoms with van der Waals surface area (Å²) in [4.78, 5) is 4.30. The molecule has 1 N–H and O–H groups in total. The van der Waals surface area contributed by atoms with Crippen molar-refractivity contribution < 1.29 is 12.8 Å². The summed E-state index contributed by atoms with van der Waals surface area (Å²) in [6, 6.07) is 0. The molecule has 90 valence electrons. The Morgan fingerprint density at radius 2 is 2.44 bits per heavy atom. The molecule has 1 atom stereocenters. The van der Waals surface area contributed by atoms with Crippen molar-refractivity contribution in [3.8, 4) is 0 Å². The highest BCUT2D eigenvalue weighted by Gasteiger charge is 2.29. The molecule has 1 aromatic rings. The summed E-state index contributed by atoms with van der Waals surface area (Å²) in [6.45, 7) is 0.642. The third-order valence-corrected chi connectivity index (χ3v) is 4.56. The van der Waals surface area contributed by atoms with Gasteiger partial charge in [0.2, 0.25) is 0 Å². The molecule has 1 aromatic heterocycles. The average Bonchev–Trinajstić information content (AvgIpc) is 2.65. The van der Waals surface area contributed by atoms with Gasteiger partial charge in [0.05, 0.1) is 17.2 Å². The van der Waals surface area contributed by atoms with Gasteiger partial charge >= 0.3 is 0 Å². The maximum absolute atomic E-state index is 11.5. The van der Waals surface area contributed by atoms with E-state index in [2.05, 4.69) is 10.3 Å². The molecule has 1 aliphatic heterocycles. The van der Waals surface area contributed by atoms with Gasteiger partial charge in [-0.1, -0.05) is 0 Å². The number of nitrogens with one attached hydrogen (secondary N) is 1. The number of oxazole rings is 1. The van der Waals surface area contributed by atoms with Crippen LogP contribution in [0.4, 0.5) is 0 Å². The van der Waals surface area contributed by atoms with Crippen molar-refractivity contribution in [3.05, 3.63) is 17.8 Å². The second kappa shape index (κ2) is 4.55. The molecule has 0 bridgehead atoms. The summed E-state index contributed by atoms with van der Waals surface area (Å²) in [5, 5.41) is 2.98. The van der Waals surface area contributed by atoms with Crippen molar-refractivity contribution in [2.75, 3.05) is 18.6 Å². The van der Waals surface area contributed by atoms with Crippen molar-refractivity contribution >= 4 is 9.84 Å². The zero-order chi connectivity index (χ0) is 11.6. The summed E-state index contributed by atoms with van der Waals surface area (Å²) >= 11 is 0. The Morgan fingerprint density at radius 1 is 1.62 bits per heavy atom. The first-order chi connectivity index (χ1) is 7.61. The first kappa shape index (κ1) is 11.6. The average molecular weight is 244 g/mol. The maximum atomic E-state index is 11.5. The third-order valence-electron chi connectivity index (χ3n) is 2.74. The highest BCUT2D eigenvalue weighted by Crippen LogP contribution is 2.27. The van der Waals surface area contributed by atoms with E-state index in [0.717, 1.165) is 12.1 Å². The Morgan fingerprint density at radius 3 is 3.12 bits per heavy atom. The normalized spacial score (nSPS) is 24.4. The molecule has 0 aliphatic carbocycles. The van der Waals surface area contributed by atoms with Gasteiger partial charge in [-0.15, -0.1) is 0 Å². The van der Waals surface area contributed by atoms with E-state index in [1.54, 1.807) is 6.26 Å². The van der Waals surface area contributed by atoms with E-state index in [-0.39, 0.29) is 11.7 Å². The second-order valence-corrected chi connectivity index (χ2v) is 6.39. The minimum Gasteiger partial charge on any atom is -0.448 e. The Bertz CT molecular complexity index is 452. The molecule has 0 aromatic carbocycles. The molecular formula is C10H16N2O3S. The fourth-order valence-electron chi connectivity index (χ4n) is 1.99. The van der Waals surface area contributed by atoms with Gasteiger partial charge in [-0.3, -0.25) is 0 Å². The lowest BCUT2D eigenvalue weighted by molar-refractivity contribution is 0.434. The van der Waals surface area contributed by atoms with Gasteiger partial charge in [-0.25, -0.2) is 13.4 Å². The lowest BCUT2D eigenvalue weighted by Crippen LogP contribution is -2.23. The van der Waals surface area contributed by atoms with Crippen LogP contribution in [0.3, 0.4) is 0 Å². The van der Waals surface area contributed by atoms with Crippen molar-refractivity contribution in [1.29, 1.82) is 0 Å². The summed E-state index contributed by atoms with van der Waals surface area (Å²) in [6.07, 6.45) is 3.14. The molecule has 1 unspecified atom stereocenters. The number of aromatic nitrogens is 1. The first-order valence-electron chi connectivity index (χ1n) is 5.40. The molecule has 5 nitrogen and oxygen atoms in total. The topological polar surface area (TPSA) is 72.2 Å². The zero-order valence-electron chi connectivity index (χ0n) is 9.27. The molecule has 16 heavy (non-hydrogen) atoms. The maximum Gasteiger partial charge on any atom is 0.198 e. The summed E-state index contributed by atoms with van der Waals surface area (Å²) < 4.78 is 28.3. The van der Waals surface area contributed by atoms with Gasteiger partial charge in [0, 0.05) is 12.5 Å². The molecule has 1 fully saturated rings. The predicted molar refractivity (Wildman–Crippen MR) is 59.9 cm³/mol. The van der Waals surface area contributed by atoms with Gasteiger partial charge in [-0.2, -0.15) is 0 Å². The largest absolute Gasteiger partial charge is 0.448 e. The van der Waals surface area contributed by atoms with E-state index < -0.39 is 9.84 Å². The Balaban J connectivity index is 2.11. The minimum atomic E-state index is -2.90. The number of hydrogen-bond acceptors (Lipinski definition) is 5. The summed E-state index contributed by atoms with van der Waals surface area (Å²) in [5.41, 5.74) is 0.820. The van der Waals surface area contributed by atoms with Crippen LogP contribution in [0.1, 0.15) is 30.3 Å². The van der Waals surface area contributed by atoms with Crippen LogP contribution in [0.2, 0.25) is 0 Å². The molecule has 0 spiro atoms. The monoisotopic (exact) mass is 244 g/mol. The molecule has 1 saturated heterocycles. The lowest BCUT2D eigenvalue weighted by atomic mass is 10.1. The fourth-order valence-corrected chi connectivity index (χ4v) is 3.69. The van der Waals surface area contributed by atoms with E-state index in [4.69, 9.17) is 4.42 Å². The van der Waals surface area contributed by atoms with Gasteiger partial charge < -0.3 is 9.73 Å². The van der Waals surface area contributed by atoms with Gasteiger partial charge in [-0.05, 0) is 19.9 Å². The quantitative estimate of drug-likeness (QED) is 0.846. The lowest BCUT2D eigenvalue weighted by Gasteiger charge is -2.18. The third kappa shape index (κ3) is 2.62. The predicted octanol–water partition coefficient (Wildman–Crippen LogP) is 0.686. The zero-order valence-corrected chi connectivity index (χ0v) is 10.1. The molecule has 0 saturated carbocycles. The van der Waals surface area contributed by atoms with Crippen molar-refractivity contribution in [2.24, 2.45) is 0 Å². The smallest absolute Gasteiger partial charge is 0.198 e. The van der Waals surface area contributed by atoms with E-state index in [1.807, 2.05) is 7.05 Å². The van der Waals surface area contributed by atoms with Gasteiger partial charge in [0.15, 0.2) is 15.7 Å². The van der Waals surface area contributed by atoms with Crippen molar-refractivity contribution in [3.63, 3.8) is 0 Å². The van der Waals surface area contributed by atoms with Crippen LogP contribution in [0, 0.1) is 0 Å². The van der Waals surface area contributed by atoms with Crippen LogP contribution in [-0.4, -0.2) is 32.0 Å². The first-order valence-corrected chi connectivity index (χ1v) is 7.22. The Labute approximate surface area is 95.2 Å². The molecule has 6 heteroatoms. The van der Waals surface area contributed by atoms with Crippen LogP contribution in [0.25, 0.3) is 0 Å². The molecule has 2 rings (SSSR count). The van der Waals surface area contributed by atoms with E-state index in [0.29, 0.717) is 24.6 Å². The highest BCUT2D eigenvalue weighted by atomic mass is 32.2. The molecule has 0 amide bonds. The van der Waals surface area contributed by atoms with Crippen LogP contribution in [0.5, 0.6) is 0 Å². The molecular weight excluding hydrogens is 228 g/mol. The number of nitrogens with zero attached hydrogens (tertiary/aromatic N) is 1. The van der Waals surface area contributed by atoms with Crippen molar-refractivity contribution in [2.45, 2.75) is 25.3 Å². The highest BCUT2D eigenvalue weighted by molar-refractivity contribution is 7.91. The van der Waals surface area contributed by atoms with E-state index >= 15 is 0 Å². The van der Waals surface area contributed by atoms with Crippen molar-refractivity contribution in [1.82, 2.24) is 10.3 Å². The SMILES string of the molecule is CNCc1coc(C2CCCS(=O)(=O)C2)n1. The second-order valence-electron chi connectivity index (χ2n) is 4.16. The molecule has 1 aliphatic rings. The van der Waals surface area contributed by atoms with Crippen LogP contribution in [0.15, 0.2) is 10.7 Å². The minimum absolute atomic E-state index is 0.0654. The fraction of sp³-hybridized carbons (Fsp3) is 0.700. The number of hydrogen-bond donors (Lipinski definition) is 1. The molecule has 2 heterocycles. The summed E-state index contributed by atoms with van der Waals surface area (Å²) in [5.74, 6) is 0.970. The van der Waals surface area contributed by atoms with Crippen LogP contribution >= 0.6 is 0 Å². The number of rotatable bonds is 3. The van der Waals surface area contributed by atoms with Crippen LogP contribution in [-0.2, 0) is 16.4 Å².